The Morgan fingerprint density at radius 3 is 2.18 bits per heavy atom. The molecule has 0 bridgehead atoms. The van der Waals surface area contributed by atoms with Crippen LogP contribution in [0.1, 0.15) is 12.5 Å². The molecular formula is C15H25N3O4. The van der Waals surface area contributed by atoms with Gasteiger partial charge in [0.25, 0.3) is 0 Å². The number of nitrogens with two attached hydrogens (primary N) is 1. The van der Waals surface area contributed by atoms with Crippen LogP contribution in [0.5, 0.6) is 17.2 Å². The van der Waals surface area contributed by atoms with Crippen LogP contribution in [-0.2, 0) is 11.3 Å². The van der Waals surface area contributed by atoms with E-state index in [-0.39, 0.29) is 6.04 Å². The number of aliphatic imine (C=N–C) groups is 1. The summed E-state index contributed by atoms with van der Waals surface area (Å²) in [5, 5.41) is 3.05. The summed E-state index contributed by atoms with van der Waals surface area (Å²) in [4.78, 5) is 4.30. The molecular weight excluding hydrogens is 286 g/mol. The normalized spacial score (nSPS) is 12.7. The topological polar surface area (TPSA) is 87.3 Å². The zero-order chi connectivity index (χ0) is 16.5. The van der Waals surface area contributed by atoms with Gasteiger partial charge in [-0.1, -0.05) is 0 Å². The molecule has 1 unspecified atom stereocenters. The standard InChI is InChI=1S/C15H25N3O4/c1-10(9-19-2)18-15(16)17-8-11-6-12(20-3)14(22-5)13(7-11)21-4/h6-7,10H,8-9H2,1-5H3,(H3,16,17,18). The van der Waals surface area contributed by atoms with E-state index in [4.69, 9.17) is 24.7 Å². The van der Waals surface area contributed by atoms with Gasteiger partial charge in [0.15, 0.2) is 17.5 Å². The zero-order valence-electron chi connectivity index (χ0n) is 13.8. The van der Waals surface area contributed by atoms with Gasteiger partial charge in [0, 0.05) is 13.2 Å². The van der Waals surface area contributed by atoms with Crippen LogP contribution in [-0.4, -0.2) is 47.0 Å². The third-order valence-electron chi connectivity index (χ3n) is 2.97. The molecule has 0 saturated carbocycles. The van der Waals surface area contributed by atoms with Crippen molar-refractivity contribution in [3.63, 3.8) is 0 Å². The van der Waals surface area contributed by atoms with E-state index in [9.17, 15) is 0 Å². The summed E-state index contributed by atoms with van der Waals surface area (Å²) in [7, 11) is 6.36. The van der Waals surface area contributed by atoms with E-state index in [1.54, 1.807) is 28.4 Å². The Labute approximate surface area is 131 Å². The highest BCUT2D eigenvalue weighted by molar-refractivity contribution is 5.78. The van der Waals surface area contributed by atoms with Crippen LogP contribution in [0.4, 0.5) is 0 Å². The molecule has 0 amide bonds. The summed E-state index contributed by atoms with van der Waals surface area (Å²) in [5.74, 6) is 2.09. The molecule has 0 spiro atoms. The average molecular weight is 311 g/mol. The van der Waals surface area contributed by atoms with Crippen LogP contribution in [0.15, 0.2) is 17.1 Å². The van der Waals surface area contributed by atoms with Gasteiger partial charge in [-0.05, 0) is 24.6 Å². The van der Waals surface area contributed by atoms with Crippen LogP contribution in [0.2, 0.25) is 0 Å². The number of benzene rings is 1. The highest BCUT2D eigenvalue weighted by atomic mass is 16.5. The summed E-state index contributed by atoms with van der Waals surface area (Å²) in [6.45, 7) is 2.92. The summed E-state index contributed by atoms with van der Waals surface area (Å²) in [6.07, 6.45) is 0. The van der Waals surface area contributed by atoms with Gasteiger partial charge >= 0.3 is 0 Å². The first-order valence-corrected chi connectivity index (χ1v) is 6.90. The molecule has 3 N–H and O–H groups in total. The van der Waals surface area contributed by atoms with Gasteiger partial charge in [0.1, 0.15) is 0 Å². The minimum Gasteiger partial charge on any atom is -0.493 e. The molecule has 1 rings (SSSR count). The number of methoxy groups -OCH3 is 4. The molecule has 0 fully saturated rings. The number of ether oxygens (including phenoxy) is 4. The molecule has 1 aromatic rings. The molecule has 0 radical (unpaired) electrons. The number of hydrogen-bond acceptors (Lipinski definition) is 5. The van der Waals surface area contributed by atoms with Crippen LogP contribution in [0.3, 0.4) is 0 Å². The van der Waals surface area contributed by atoms with E-state index in [0.717, 1.165) is 5.56 Å². The number of nitrogens with one attached hydrogen (secondary N) is 1. The smallest absolute Gasteiger partial charge is 0.203 e. The van der Waals surface area contributed by atoms with Crippen LogP contribution in [0.25, 0.3) is 0 Å². The Balaban J connectivity index is 2.85. The lowest BCUT2D eigenvalue weighted by molar-refractivity contribution is 0.179. The minimum atomic E-state index is 0.0914. The fraction of sp³-hybridized carbons (Fsp3) is 0.533. The van der Waals surface area contributed by atoms with E-state index >= 15 is 0 Å². The Morgan fingerprint density at radius 1 is 1.14 bits per heavy atom. The lowest BCUT2D eigenvalue weighted by Gasteiger charge is -2.14. The van der Waals surface area contributed by atoms with Gasteiger partial charge in [-0.2, -0.15) is 0 Å². The van der Waals surface area contributed by atoms with Gasteiger partial charge < -0.3 is 30.0 Å². The second-order valence-electron chi connectivity index (χ2n) is 4.74. The van der Waals surface area contributed by atoms with E-state index in [1.807, 2.05) is 19.1 Å². The molecule has 0 aromatic heterocycles. The predicted octanol–water partition coefficient (Wildman–Crippen LogP) is 1.15. The molecule has 1 aromatic carbocycles. The number of guanidine groups is 1. The summed E-state index contributed by atoms with van der Waals surface area (Å²) >= 11 is 0. The SMILES string of the molecule is COCC(C)NC(N)=NCc1cc(OC)c(OC)c(OC)c1. The molecule has 0 saturated heterocycles. The van der Waals surface area contributed by atoms with Crippen molar-refractivity contribution in [1.82, 2.24) is 5.32 Å². The van der Waals surface area contributed by atoms with Gasteiger partial charge in [-0.25, -0.2) is 4.99 Å². The highest BCUT2D eigenvalue weighted by Gasteiger charge is 2.13. The number of hydrogen-bond donors (Lipinski definition) is 2. The first-order valence-electron chi connectivity index (χ1n) is 6.90. The molecule has 1 atom stereocenters. The Morgan fingerprint density at radius 2 is 1.73 bits per heavy atom. The second-order valence-corrected chi connectivity index (χ2v) is 4.74. The highest BCUT2D eigenvalue weighted by Crippen LogP contribution is 2.38. The molecule has 7 nitrogen and oxygen atoms in total. The second kappa shape index (κ2) is 8.99. The third-order valence-corrected chi connectivity index (χ3v) is 2.97. The van der Waals surface area contributed by atoms with Gasteiger partial charge in [0.2, 0.25) is 5.75 Å². The molecule has 0 heterocycles. The van der Waals surface area contributed by atoms with Crippen molar-refractivity contribution in [2.45, 2.75) is 19.5 Å². The van der Waals surface area contributed by atoms with E-state index in [1.165, 1.54) is 0 Å². The Hall–Kier alpha value is -2.15. The van der Waals surface area contributed by atoms with Crippen LogP contribution >= 0.6 is 0 Å². The maximum atomic E-state index is 5.85. The van der Waals surface area contributed by atoms with E-state index in [0.29, 0.717) is 36.4 Å². The number of nitrogens with zero attached hydrogens (tertiary/aromatic N) is 1. The maximum absolute atomic E-state index is 5.85. The third kappa shape index (κ3) is 5.00. The molecule has 124 valence electrons. The van der Waals surface area contributed by atoms with Crippen molar-refractivity contribution < 1.29 is 18.9 Å². The van der Waals surface area contributed by atoms with Gasteiger partial charge in [0.05, 0.1) is 34.5 Å². The Kier molecular flexibility index (Phi) is 7.31. The Bertz CT molecular complexity index is 481. The fourth-order valence-electron chi connectivity index (χ4n) is 1.99. The molecule has 7 heteroatoms. The summed E-state index contributed by atoms with van der Waals surface area (Å²) in [6, 6.07) is 3.78. The van der Waals surface area contributed by atoms with Gasteiger partial charge in [-0.15, -0.1) is 0 Å². The lowest BCUT2D eigenvalue weighted by atomic mass is 10.2. The predicted molar refractivity (Wildman–Crippen MR) is 85.9 cm³/mol. The molecule has 0 aliphatic heterocycles. The number of rotatable bonds is 8. The fourth-order valence-corrected chi connectivity index (χ4v) is 1.99. The first-order chi connectivity index (χ1) is 10.5. The van der Waals surface area contributed by atoms with Crippen LogP contribution < -0.4 is 25.3 Å². The van der Waals surface area contributed by atoms with Crippen molar-refractivity contribution in [1.29, 1.82) is 0 Å². The minimum absolute atomic E-state index is 0.0914. The van der Waals surface area contributed by atoms with Crippen molar-refractivity contribution in [2.75, 3.05) is 35.0 Å². The zero-order valence-corrected chi connectivity index (χ0v) is 13.8. The van der Waals surface area contributed by atoms with Crippen molar-refractivity contribution in [2.24, 2.45) is 10.7 Å². The van der Waals surface area contributed by atoms with E-state index < -0.39 is 0 Å². The van der Waals surface area contributed by atoms with Crippen molar-refractivity contribution in [3.8, 4) is 17.2 Å². The van der Waals surface area contributed by atoms with E-state index in [2.05, 4.69) is 10.3 Å². The first kappa shape index (κ1) is 17.9. The van der Waals surface area contributed by atoms with Gasteiger partial charge in [-0.3, -0.25) is 0 Å². The average Bonchev–Trinajstić information content (AvgIpc) is 2.51. The molecule has 0 aliphatic rings. The monoisotopic (exact) mass is 311 g/mol. The molecule has 0 aliphatic carbocycles. The maximum Gasteiger partial charge on any atom is 0.203 e. The lowest BCUT2D eigenvalue weighted by Crippen LogP contribution is -2.40. The van der Waals surface area contributed by atoms with Crippen molar-refractivity contribution >= 4 is 5.96 Å². The molecule has 22 heavy (non-hydrogen) atoms. The quantitative estimate of drug-likeness (QED) is 0.553. The van der Waals surface area contributed by atoms with Crippen molar-refractivity contribution in [3.05, 3.63) is 17.7 Å². The largest absolute Gasteiger partial charge is 0.493 e. The summed E-state index contributed by atoms with van der Waals surface area (Å²) < 4.78 is 20.9. The van der Waals surface area contributed by atoms with Crippen LogP contribution in [0, 0.1) is 0 Å². The summed E-state index contributed by atoms with van der Waals surface area (Å²) in [5.41, 5.74) is 6.75.